The average Bonchev–Trinajstić information content (AvgIpc) is 2.79. The van der Waals surface area contributed by atoms with E-state index in [0.717, 1.165) is 12.2 Å². The second kappa shape index (κ2) is 6.64. The normalized spacial score (nSPS) is 23.2. The Bertz CT molecular complexity index is 362. The van der Waals surface area contributed by atoms with Crippen molar-refractivity contribution in [2.45, 2.75) is 51.5 Å². The van der Waals surface area contributed by atoms with E-state index in [-0.39, 0.29) is 0 Å². The lowest BCUT2D eigenvalue weighted by molar-refractivity contribution is 0.127. The summed E-state index contributed by atoms with van der Waals surface area (Å²) in [6.45, 7) is 7.48. The van der Waals surface area contributed by atoms with Crippen molar-refractivity contribution in [3.8, 4) is 0 Å². The fraction of sp³-hybridized carbons (Fsp3) is 0.786. The highest BCUT2D eigenvalue weighted by atomic mass is 32.1. The summed E-state index contributed by atoms with van der Waals surface area (Å²) in [7, 11) is 0. The lowest BCUT2D eigenvalue weighted by Crippen LogP contribution is -2.45. The van der Waals surface area contributed by atoms with Crippen LogP contribution in [0, 0.1) is 6.92 Å². The van der Waals surface area contributed by atoms with Gasteiger partial charge in [-0.3, -0.25) is 4.90 Å². The van der Waals surface area contributed by atoms with Crippen LogP contribution < -0.4 is 5.73 Å². The number of nitrogens with zero attached hydrogens (tertiary/aromatic N) is 2. The molecule has 0 saturated carbocycles. The Morgan fingerprint density at radius 2 is 2.39 bits per heavy atom. The topological polar surface area (TPSA) is 42.1 Å². The van der Waals surface area contributed by atoms with Crippen molar-refractivity contribution in [1.29, 1.82) is 0 Å². The number of hydrogen-bond donors (Lipinski definition) is 1. The second-order valence-electron chi connectivity index (χ2n) is 5.27. The molecule has 0 spiro atoms. The van der Waals surface area contributed by atoms with Gasteiger partial charge < -0.3 is 5.73 Å². The fourth-order valence-electron chi connectivity index (χ4n) is 3.00. The smallest absolute Gasteiger partial charge is 0.0987 e. The zero-order valence-electron chi connectivity index (χ0n) is 11.6. The summed E-state index contributed by atoms with van der Waals surface area (Å²) in [6.07, 6.45) is 5.18. The molecule has 2 N–H and O–H groups in total. The van der Waals surface area contributed by atoms with Gasteiger partial charge in [0.25, 0.3) is 0 Å². The van der Waals surface area contributed by atoms with E-state index in [4.69, 9.17) is 5.73 Å². The first-order valence-corrected chi connectivity index (χ1v) is 8.00. The van der Waals surface area contributed by atoms with Crippen LogP contribution in [0.2, 0.25) is 0 Å². The maximum Gasteiger partial charge on any atom is 0.0987 e. The van der Waals surface area contributed by atoms with Crippen LogP contribution in [0.5, 0.6) is 0 Å². The highest BCUT2D eigenvalue weighted by Gasteiger charge is 2.31. The van der Waals surface area contributed by atoms with E-state index < -0.39 is 0 Å². The molecule has 1 saturated heterocycles. The molecule has 0 bridgehead atoms. The largest absolute Gasteiger partial charge is 0.330 e. The monoisotopic (exact) mass is 267 g/mol. The fourth-order valence-corrected chi connectivity index (χ4v) is 3.97. The Morgan fingerprint density at radius 1 is 1.56 bits per heavy atom. The molecule has 102 valence electrons. The van der Waals surface area contributed by atoms with Gasteiger partial charge in [0.15, 0.2) is 0 Å². The third kappa shape index (κ3) is 3.11. The standard InChI is InChI=1S/C14H25N3S/c1-3-7-17-8-5-4-6-13(17)12(9-15)14-16-11(2)10-18-14/h10,12-13H,3-9,15H2,1-2H3. The number of likely N-dealkylation sites (tertiary alicyclic amines) is 1. The molecule has 0 aromatic carbocycles. The van der Waals surface area contributed by atoms with Gasteiger partial charge in [0, 0.05) is 29.6 Å². The molecule has 2 rings (SSSR count). The van der Waals surface area contributed by atoms with Gasteiger partial charge in [-0.1, -0.05) is 13.3 Å². The van der Waals surface area contributed by atoms with Gasteiger partial charge in [-0.15, -0.1) is 11.3 Å². The molecule has 0 amide bonds. The van der Waals surface area contributed by atoms with Crippen LogP contribution >= 0.6 is 11.3 Å². The molecular formula is C14H25N3S. The molecule has 1 aliphatic heterocycles. The third-order valence-corrected chi connectivity index (χ3v) is 4.94. The third-order valence-electron chi connectivity index (χ3n) is 3.85. The van der Waals surface area contributed by atoms with Crippen LogP contribution in [0.4, 0.5) is 0 Å². The van der Waals surface area contributed by atoms with Crippen LogP contribution in [0.25, 0.3) is 0 Å². The number of aryl methyl sites for hydroxylation is 1. The number of aromatic nitrogens is 1. The summed E-state index contributed by atoms with van der Waals surface area (Å²) in [4.78, 5) is 7.30. The maximum absolute atomic E-state index is 6.04. The van der Waals surface area contributed by atoms with Crippen molar-refractivity contribution < 1.29 is 0 Å². The van der Waals surface area contributed by atoms with Gasteiger partial charge >= 0.3 is 0 Å². The molecule has 1 fully saturated rings. The van der Waals surface area contributed by atoms with E-state index in [9.17, 15) is 0 Å². The van der Waals surface area contributed by atoms with Crippen LogP contribution in [-0.4, -0.2) is 35.6 Å². The molecule has 1 aromatic heterocycles. The molecule has 18 heavy (non-hydrogen) atoms. The summed E-state index contributed by atoms with van der Waals surface area (Å²) < 4.78 is 0. The minimum atomic E-state index is 0.426. The summed E-state index contributed by atoms with van der Waals surface area (Å²) in [5.41, 5.74) is 7.17. The predicted molar refractivity (Wildman–Crippen MR) is 78.1 cm³/mol. The van der Waals surface area contributed by atoms with E-state index in [1.54, 1.807) is 11.3 Å². The first-order chi connectivity index (χ1) is 8.76. The first-order valence-electron chi connectivity index (χ1n) is 7.12. The van der Waals surface area contributed by atoms with Crippen LogP contribution in [0.1, 0.15) is 49.2 Å². The quantitative estimate of drug-likeness (QED) is 0.892. The molecule has 4 heteroatoms. The maximum atomic E-state index is 6.04. The van der Waals surface area contributed by atoms with Crippen molar-refractivity contribution in [2.24, 2.45) is 5.73 Å². The summed E-state index contributed by atoms with van der Waals surface area (Å²) in [5.74, 6) is 0.426. The summed E-state index contributed by atoms with van der Waals surface area (Å²) in [5, 5.41) is 3.38. The molecule has 0 radical (unpaired) electrons. The summed E-state index contributed by atoms with van der Waals surface area (Å²) >= 11 is 1.78. The Morgan fingerprint density at radius 3 is 3.00 bits per heavy atom. The Hall–Kier alpha value is -0.450. The van der Waals surface area contributed by atoms with Crippen molar-refractivity contribution in [3.05, 3.63) is 16.1 Å². The first kappa shape index (κ1) is 14.0. The number of hydrogen-bond acceptors (Lipinski definition) is 4. The Balaban J connectivity index is 2.14. The van der Waals surface area contributed by atoms with Gasteiger partial charge in [0.2, 0.25) is 0 Å². The van der Waals surface area contributed by atoms with E-state index in [1.807, 2.05) is 0 Å². The van der Waals surface area contributed by atoms with Gasteiger partial charge in [-0.05, 0) is 39.3 Å². The highest BCUT2D eigenvalue weighted by molar-refractivity contribution is 7.09. The molecule has 1 aromatic rings. The van der Waals surface area contributed by atoms with Gasteiger partial charge in [-0.25, -0.2) is 4.98 Å². The van der Waals surface area contributed by atoms with E-state index in [0.29, 0.717) is 12.0 Å². The number of nitrogens with two attached hydrogens (primary N) is 1. The van der Waals surface area contributed by atoms with Gasteiger partial charge in [-0.2, -0.15) is 0 Å². The lowest BCUT2D eigenvalue weighted by Gasteiger charge is -2.39. The number of piperidine rings is 1. The predicted octanol–water partition coefficient (Wildman–Crippen LogP) is 2.76. The van der Waals surface area contributed by atoms with Crippen LogP contribution in [0.3, 0.4) is 0 Å². The second-order valence-corrected chi connectivity index (χ2v) is 6.16. The SMILES string of the molecule is CCCN1CCCCC1C(CN)c1nc(C)cs1. The van der Waals surface area contributed by atoms with E-state index >= 15 is 0 Å². The van der Waals surface area contributed by atoms with Crippen molar-refractivity contribution >= 4 is 11.3 Å². The van der Waals surface area contributed by atoms with Crippen LogP contribution in [0.15, 0.2) is 5.38 Å². The molecular weight excluding hydrogens is 242 g/mol. The molecule has 3 nitrogen and oxygen atoms in total. The molecule has 1 aliphatic rings. The van der Waals surface area contributed by atoms with Gasteiger partial charge in [0.05, 0.1) is 5.01 Å². The molecule has 2 unspecified atom stereocenters. The van der Waals surface area contributed by atoms with E-state index in [1.165, 1.54) is 43.8 Å². The van der Waals surface area contributed by atoms with Crippen LogP contribution in [-0.2, 0) is 0 Å². The van der Waals surface area contributed by atoms with Crippen molar-refractivity contribution in [3.63, 3.8) is 0 Å². The molecule has 2 heterocycles. The van der Waals surface area contributed by atoms with E-state index in [2.05, 4.69) is 29.1 Å². The van der Waals surface area contributed by atoms with Gasteiger partial charge in [0.1, 0.15) is 0 Å². The average molecular weight is 267 g/mol. The number of rotatable bonds is 5. The summed E-state index contributed by atoms with van der Waals surface area (Å²) in [6, 6.07) is 0.606. The lowest BCUT2D eigenvalue weighted by atomic mass is 9.90. The number of thiazole rings is 1. The van der Waals surface area contributed by atoms with Crippen molar-refractivity contribution in [1.82, 2.24) is 9.88 Å². The van der Waals surface area contributed by atoms with Crippen molar-refractivity contribution in [2.75, 3.05) is 19.6 Å². The molecule has 0 aliphatic carbocycles. The molecule has 2 atom stereocenters. The Labute approximate surface area is 114 Å². The highest BCUT2D eigenvalue weighted by Crippen LogP contribution is 2.31. The minimum absolute atomic E-state index is 0.426. The minimum Gasteiger partial charge on any atom is -0.330 e. The zero-order chi connectivity index (χ0) is 13.0. The zero-order valence-corrected chi connectivity index (χ0v) is 12.4. The Kier molecular flexibility index (Phi) is 5.15.